The second-order valence-corrected chi connectivity index (χ2v) is 11.3. The summed E-state index contributed by atoms with van der Waals surface area (Å²) in [5.74, 6) is 0. The second-order valence-electron chi connectivity index (χ2n) is 11.3. The van der Waals surface area contributed by atoms with E-state index in [4.69, 9.17) is 4.42 Å². The number of hydrogen-bond donors (Lipinski definition) is 0. The fourth-order valence-corrected chi connectivity index (χ4v) is 6.04. The average Bonchev–Trinajstić information content (AvgIpc) is 3.13. The van der Waals surface area contributed by atoms with Crippen molar-refractivity contribution in [2.24, 2.45) is 7.05 Å². The molecule has 6 rings (SSSR count). The van der Waals surface area contributed by atoms with E-state index in [1.54, 1.807) is 0 Å². The van der Waals surface area contributed by atoms with Crippen LogP contribution in [0.4, 0.5) is 0 Å². The number of aromatic nitrogens is 1. The van der Waals surface area contributed by atoms with Crippen molar-refractivity contribution in [1.29, 1.82) is 0 Å². The van der Waals surface area contributed by atoms with Crippen molar-refractivity contribution in [1.82, 2.24) is 0 Å². The summed E-state index contributed by atoms with van der Waals surface area (Å²) in [4.78, 5) is 0. The van der Waals surface area contributed by atoms with Crippen LogP contribution >= 0.6 is 0 Å². The van der Waals surface area contributed by atoms with E-state index in [1.165, 1.54) is 62.3 Å². The lowest BCUT2D eigenvalue weighted by molar-refractivity contribution is -0.660. The third-order valence-electron chi connectivity index (χ3n) is 8.08. The summed E-state index contributed by atoms with van der Waals surface area (Å²) < 4.78 is 8.85. The molecule has 0 aliphatic heterocycles. The molecule has 0 saturated heterocycles. The zero-order chi connectivity index (χ0) is 23.1. The summed E-state index contributed by atoms with van der Waals surface area (Å²) in [5.41, 5.74) is 8.90. The Bertz CT molecular complexity index is 1580. The van der Waals surface area contributed by atoms with Crippen LogP contribution in [0.3, 0.4) is 0 Å². The molecule has 1 aliphatic rings. The predicted molar refractivity (Wildman–Crippen MR) is 138 cm³/mol. The molecule has 1 aliphatic carbocycles. The fourth-order valence-electron chi connectivity index (χ4n) is 6.04. The van der Waals surface area contributed by atoms with Crippen LogP contribution in [0.25, 0.3) is 44.0 Å². The van der Waals surface area contributed by atoms with Gasteiger partial charge < -0.3 is 4.42 Å². The Labute approximate surface area is 195 Å². The van der Waals surface area contributed by atoms with Crippen LogP contribution in [-0.4, -0.2) is 0 Å². The van der Waals surface area contributed by atoms with Gasteiger partial charge in [0.25, 0.3) is 0 Å². The highest BCUT2D eigenvalue weighted by atomic mass is 16.3. The highest BCUT2D eigenvalue weighted by molar-refractivity contribution is 6.13. The smallest absolute Gasteiger partial charge is 0.216 e. The molecule has 2 nitrogen and oxygen atoms in total. The van der Waals surface area contributed by atoms with Gasteiger partial charge >= 0.3 is 0 Å². The molecular weight excluding hydrogens is 402 g/mol. The molecule has 0 radical (unpaired) electrons. The minimum absolute atomic E-state index is 0.156. The van der Waals surface area contributed by atoms with Gasteiger partial charge in [0, 0.05) is 22.9 Å². The summed E-state index contributed by atoms with van der Waals surface area (Å²) in [5, 5.41) is 5.04. The maximum absolute atomic E-state index is 6.68. The molecule has 33 heavy (non-hydrogen) atoms. The number of nitrogens with zero attached hydrogens (tertiary/aromatic N) is 1. The van der Waals surface area contributed by atoms with Crippen molar-refractivity contribution in [3.8, 4) is 11.3 Å². The van der Waals surface area contributed by atoms with Crippen LogP contribution in [-0.2, 0) is 17.9 Å². The number of benzene rings is 3. The highest BCUT2D eigenvalue weighted by Gasteiger charge is 2.38. The monoisotopic (exact) mass is 434 g/mol. The minimum Gasteiger partial charge on any atom is -0.455 e. The third-order valence-corrected chi connectivity index (χ3v) is 8.08. The van der Waals surface area contributed by atoms with E-state index in [-0.39, 0.29) is 10.8 Å². The molecule has 0 N–H and O–H groups in total. The van der Waals surface area contributed by atoms with Gasteiger partial charge in [0.2, 0.25) is 5.69 Å². The van der Waals surface area contributed by atoms with E-state index in [9.17, 15) is 0 Å². The van der Waals surface area contributed by atoms with E-state index >= 15 is 0 Å². The third kappa shape index (κ3) is 2.89. The first kappa shape index (κ1) is 20.5. The van der Waals surface area contributed by atoms with Crippen molar-refractivity contribution in [2.45, 2.75) is 58.3 Å². The van der Waals surface area contributed by atoms with E-state index in [0.717, 1.165) is 11.2 Å². The maximum atomic E-state index is 6.68. The van der Waals surface area contributed by atoms with Crippen molar-refractivity contribution in [3.63, 3.8) is 0 Å². The lowest BCUT2D eigenvalue weighted by atomic mass is 9.62. The maximum Gasteiger partial charge on any atom is 0.216 e. The lowest BCUT2D eigenvalue weighted by Crippen LogP contribution is -2.34. The van der Waals surface area contributed by atoms with E-state index in [0.29, 0.717) is 0 Å². The minimum atomic E-state index is 0.156. The van der Waals surface area contributed by atoms with Gasteiger partial charge in [0.1, 0.15) is 18.2 Å². The zero-order valence-electron chi connectivity index (χ0n) is 20.5. The number of fused-ring (bicyclic) bond motifs is 6. The van der Waals surface area contributed by atoms with Gasteiger partial charge in [0.15, 0.2) is 6.20 Å². The van der Waals surface area contributed by atoms with E-state index in [2.05, 4.69) is 107 Å². The molecular formula is C31H32NO+. The van der Waals surface area contributed by atoms with Crippen molar-refractivity contribution < 1.29 is 8.98 Å². The molecule has 0 fully saturated rings. The Morgan fingerprint density at radius 1 is 0.818 bits per heavy atom. The molecule has 5 aromatic rings. The molecule has 0 saturated carbocycles. The summed E-state index contributed by atoms with van der Waals surface area (Å²) in [6.45, 7) is 11.8. The summed E-state index contributed by atoms with van der Waals surface area (Å²) in [7, 11) is 2.10. The van der Waals surface area contributed by atoms with Crippen LogP contribution in [0.2, 0.25) is 0 Å². The first-order valence-corrected chi connectivity index (χ1v) is 12.1. The molecule has 0 unspecified atom stereocenters. The first-order valence-electron chi connectivity index (χ1n) is 12.1. The van der Waals surface area contributed by atoms with Crippen LogP contribution in [0.15, 0.2) is 65.2 Å². The number of rotatable bonds is 1. The van der Waals surface area contributed by atoms with Crippen molar-refractivity contribution in [3.05, 3.63) is 77.5 Å². The molecule has 0 atom stereocenters. The predicted octanol–water partition coefficient (Wildman–Crippen LogP) is 7.89. The SMILES string of the molecule is Cc1ccc2c(oc3cc4c5c(ccc4cc32)C(C)(C)CCC5(C)C)c1-c1cccc[n+]1C. The summed E-state index contributed by atoms with van der Waals surface area (Å²) in [6, 6.07) is 20.1. The lowest BCUT2D eigenvalue weighted by Gasteiger charge is -2.42. The fraction of sp³-hybridized carbons (Fsp3) is 0.323. The molecule has 3 aromatic carbocycles. The van der Waals surface area contributed by atoms with Crippen LogP contribution in [0.1, 0.15) is 57.2 Å². The van der Waals surface area contributed by atoms with Gasteiger partial charge in [0.05, 0.1) is 5.56 Å². The van der Waals surface area contributed by atoms with Gasteiger partial charge in [-0.2, -0.15) is 0 Å². The first-order chi connectivity index (χ1) is 15.7. The van der Waals surface area contributed by atoms with Crippen LogP contribution in [0, 0.1) is 6.92 Å². The standard InChI is InChI=1S/C31H32NO/c1-19-10-12-21-23-17-20-11-13-24-28(31(4,5)15-14-30(24,2)3)22(20)18-26(23)33-29(21)27(19)25-9-7-8-16-32(25)6/h7-13,16-18H,14-15H2,1-6H3/q+1. The Morgan fingerprint density at radius 3 is 2.39 bits per heavy atom. The van der Waals surface area contributed by atoms with Gasteiger partial charge in [-0.25, -0.2) is 4.57 Å². The number of furan rings is 1. The quantitative estimate of drug-likeness (QED) is 0.245. The molecule has 2 heterocycles. The molecule has 0 spiro atoms. The zero-order valence-corrected chi connectivity index (χ0v) is 20.5. The van der Waals surface area contributed by atoms with Gasteiger partial charge in [-0.1, -0.05) is 52.0 Å². The Kier molecular flexibility index (Phi) is 4.15. The average molecular weight is 435 g/mol. The van der Waals surface area contributed by atoms with E-state index < -0.39 is 0 Å². The summed E-state index contributed by atoms with van der Waals surface area (Å²) in [6.07, 6.45) is 4.53. The Balaban J connectivity index is 1.72. The van der Waals surface area contributed by atoms with Gasteiger partial charge in [-0.15, -0.1) is 0 Å². The number of aryl methyl sites for hydroxylation is 2. The van der Waals surface area contributed by atoms with Crippen molar-refractivity contribution in [2.75, 3.05) is 0 Å². The van der Waals surface area contributed by atoms with Crippen LogP contribution < -0.4 is 4.57 Å². The van der Waals surface area contributed by atoms with Gasteiger partial charge in [-0.05, 0) is 76.3 Å². The molecule has 166 valence electrons. The summed E-state index contributed by atoms with van der Waals surface area (Å²) >= 11 is 0. The van der Waals surface area contributed by atoms with Crippen molar-refractivity contribution >= 4 is 32.7 Å². The number of pyridine rings is 1. The molecule has 0 amide bonds. The highest BCUT2D eigenvalue weighted by Crippen LogP contribution is 2.49. The molecule has 2 heteroatoms. The van der Waals surface area contributed by atoms with E-state index in [1.807, 2.05) is 0 Å². The Hall–Kier alpha value is -3.13. The van der Waals surface area contributed by atoms with Crippen LogP contribution in [0.5, 0.6) is 0 Å². The second kappa shape index (κ2) is 6.70. The number of hydrogen-bond acceptors (Lipinski definition) is 1. The largest absolute Gasteiger partial charge is 0.455 e. The van der Waals surface area contributed by atoms with Gasteiger partial charge in [-0.3, -0.25) is 0 Å². The normalized spacial score (nSPS) is 17.0. The Morgan fingerprint density at radius 2 is 1.61 bits per heavy atom. The molecule has 0 bridgehead atoms. The topological polar surface area (TPSA) is 17.0 Å². The molecule has 2 aromatic heterocycles.